The fraction of sp³-hybridized carbons (Fsp3) is 0.350. The fourth-order valence-corrected chi connectivity index (χ4v) is 2.33. The first-order valence-corrected chi connectivity index (χ1v) is 8.28. The summed E-state index contributed by atoms with van der Waals surface area (Å²) < 4.78 is 5.84. The van der Waals surface area contributed by atoms with E-state index in [4.69, 9.17) is 4.74 Å². The summed E-state index contributed by atoms with van der Waals surface area (Å²) in [6.07, 6.45) is 0.359. The Morgan fingerprint density at radius 3 is 2.56 bits per heavy atom. The molecule has 2 aromatic carbocycles. The largest absolute Gasteiger partial charge is 0.489 e. The Morgan fingerprint density at radius 1 is 1.12 bits per heavy atom. The summed E-state index contributed by atoms with van der Waals surface area (Å²) in [5, 5.41) is 6.02. The summed E-state index contributed by atoms with van der Waals surface area (Å²) in [7, 11) is 1.88. The first kappa shape index (κ1) is 21.0. The molecule has 0 aromatic heterocycles. The molecule has 0 aliphatic heterocycles. The van der Waals surface area contributed by atoms with Crippen LogP contribution in [0.4, 0.5) is 0 Å². The van der Waals surface area contributed by atoms with E-state index < -0.39 is 0 Å². The minimum Gasteiger partial charge on any atom is -0.489 e. The summed E-state index contributed by atoms with van der Waals surface area (Å²) in [5.74, 6) is 0.804. The lowest BCUT2D eigenvalue weighted by molar-refractivity contribution is -0.120. The maximum Gasteiger partial charge on any atom is 0.224 e. The van der Waals surface area contributed by atoms with Gasteiger partial charge in [-0.05, 0) is 44.2 Å². The Balaban J connectivity index is 0.00000312. The molecule has 0 aliphatic rings. The zero-order valence-electron chi connectivity index (χ0n) is 15.0. The molecule has 0 fully saturated rings. The number of ether oxygens (including phenoxy) is 1. The van der Waals surface area contributed by atoms with Gasteiger partial charge in [-0.1, -0.05) is 42.0 Å². The van der Waals surface area contributed by atoms with Crippen LogP contribution in [0.5, 0.6) is 5.75 Å². The number of likely N-dealkylation sites (N-methyl/N-ethyl adjacent to an activating group) is 1. The average molecular weight is 363 g/mol. The van der Waals surface area contributed by atoms with E-state index >= 15 is 0 Å². The molecule has 2 N–H and O–H groups in total. The maximum absolute atomic E-state index is 12.0. The molecule has 1 atom stereocenters. The molecule has 0 heterocycles. The minimum atomic E-state index is 0. The molecule has 5 heteroatoms. The smallest absolute Gasteiger partial charge is 0.224 e. The molecule has 1 unspecified atom stereocenters. The molecule has 25 heavy (non-hydrogen) atoms. The van der Waals surface area contributed by atoms with E-state index in [1.165, 1.54) is 5.56 Å². The van der Waals surface area contributed by atoms with Gasteiger partial charge in [-0.25, -0.2) is 0 Å². The van der Waals surface area contributed by atoms with Crippen LogP contribution in [-0.4, -0.2) is 25.5 Å². The molecular formula is C20H27ClN2O2. The summed E-state index contributed by atoms with van der Waals surface area (Å²) in [6.45, 7) is 5.24. The van der Waals surface area contributed by atoms with Crippen molar-refractivity contribution in [1.29, 1.82) is 0 Å². The molecule has 136 valence electrons. The van der Waals surface area contributed by atoms with Crippen molar-refractivity contribution < 1.29 is 9.53 Å². The molecule has 2 aromatic rings. The lowest BCUT2D eigenvalue weighted by Crippen LogP contribution is -2.37. The van der Waals surface area contributed by atoms with E-state index in [1.807, 2.05) is 50.4 Å². The van der Waals surface area contributed by atoms with Gasteiger partial charge >= 0.3 is 0 Å². The van der Waals surface area contributed by atoms with E-state index in [2.05, 4.69) is 29.7 Å². The third-order valence-electron chi connectivity index (χ3n) is 3.85. The highest BCUT2D eigenvalue weighted by Crippen LogP contribution is 2.16. The first-order chi connectivity index (χ1) is 11.6. The molecule has 0 spiro atoms. The van der Waals surface area contributed by atoms with Crippen LogP contribution in [0.25, 0.3) is 0 Å². The van der Waals surface area contributed by atoms with Gasteiger partial charge in [0, 0.05) is 12.6 Å². The second kappa shape index (κ2) is 10.7. The summed E-state index contributed by atoms with van der Waals surface area (Å²) in [6, 6.07) is 16.2. The SMILES string of the molecule is CNC(C)CNC(=O)Cc1cccc(OCc2cccc(C)c2)c1.Cl. The first-order valence-electron chi connectivity index (χ1n) is 8.28. The molecule has 0 saturated carbocycles. The van der Waals surface area contributed by atoms with Crippen molar-refractivity contribution in [1.82, 2.24) is 10.6 Å². The standard InChI is InChI=1S/C20H26N2O2.ClH/c1-15-6-4-8-18(10-15)14-24-19-9-5-7-17(11-19)12-20(23)22-13-16(2)21-3;/h4-11,16,21H,12-14H2,1-3H3,(H,22,23);1H. The number of carbonyl (C=O) groups excluding carboxylic acids is 1. The zero-order valence-corrected chi connectivity index (χ0v) is 15.9. The highest BCUT2D eigenvalue weighted by Gasteiger charge is 2.06. The van der Waals surface area contributed by atoms with Crippen LogP contribution in [0.3, 0.4) is 0 Å². The average Bonchev–Trinajstić information content (AvgIpc) is 2.58. The number of hydrogen-bond donors (Lipinski definition) is 2. The van der Waals surface area contributed by atoms with Gasteiger partial charge in [0.2, 0.25) is 5.91 Å². The number of benzene rings is 2. The Kier molecular flexibility index (Phi) is 9.03. The topological polar surface area (TPSA) is 50.4 Å². The summed E-state index contributed by atoms with van der Waals surface area (Å²) in [5.41, 5.74) is 3.31. The van der Waals surface area contributed by atoms with Gasteiger partial charge in [-0.15, -0.1) is 12.4 Å². The maximum atomic E-state index is 12.0. The van der Waals surface area contributed by atoms with Crippen LogP contribution < -0.4 is 15.4 Å². The van der Waals surface area contributed by atoms with Crippen molar-refractivity contribution in [3.8, 4) is 5.75 Å². The van der Waals surface area contributed by atoms with Crippen LogP contribution in [0.2, 0.25) is 0 Å². The van der Waals surface area contributed by atoms with Crippen LogP contribution in [0.1, 0.15) is 23.6 Å². The minimum absolute atomic E-state index is 0. The van der Waals surface area contributed by atoms with E-state index in [-0.39, 0.29) is 24.4 Å². The van der Waals surface area contributed by atoms with Crippen molar-refractivity contribution in [2.75, 3.05) is 13.6 Å². The normalized spacial score (nSPS) is 11.3. The molecule has 0 saturated heterocycles. The number of amides is 1. The van der Waals surface area contributed by atoms with Crippen LogP contribution in [0, 0.1) is 6.92 Å². The fourth-order valence-electron chi connectivity index (χ4n) is 2.33. The number of rotatable bonds is 8. The zero-order chi connectivity index (χ0) is 17.4. The molecule has 2 rings (SSSR count). The predicted molar refractivity (Wildman–Crippen MR) is 104 cm³/mol. The van der Waals surface area contributed by atoms with E-state index in [1.54, 1.807) is 0 Å². The Hall–Kier alpha value is -2.04. The van der Waals surface area contributed by atoms with Crippen molar-refractivity contribution in [2.24, 2.45) is 0 Å². The number of carbonyl (C=O) groups is 1. The highest BCUT2D eigenvalue weighted by atomic mass is 35.5. The summed E-state index contributed by atoms with van der Waals surface area (Å²) in [4.78, 5) is 12.0. The molecule has 0 aliphatic carbocycles. The summed E-state index contributed by atoms with van der Waals surface area (Å²) >= 11 is 0. The van der Waals surface area contributed by atoms with Gasteiger partial charge in [0.1, 0.15) is 12.4 Å². The van der Waals surface area contributed by atoms with Gasteiger partial charge in [0.05, 0.1) is 6.42 Å². The third kappa shape index (κ3) is 7.59. The molecular weight excluding hydrogens is 336 g/mol. The molecule has 4 nitrogen and oxygen atoms in total. The second-order valence-corrected chi connectivity index (χ2v) is 6.10. The van der Waals surface area contributed by atoms with Crippen molar-refractivity contribution in [3.63, 3.8) is 0 Å². The quantitative estimate of drug-likeness (QED) is 0.757. The number of nitrogens with one attached hydrogen (secondary N) is 2. The van der Waals surface area contributed by atoms with Gasteiger partial charge in [-0.2, -0.15) is 0 Å². The Labute approximate surface area is 156 Å². The second-order valence-electron chi connectivity index (χ2n) is 6.10. The van der Waals surface area contributed by atoms with E-state index in [0.717, 1.165) is 16.9 Å². The lowest BCUT2D eigenvalue weighted by Gasteiger charge is -2.12. The molecule has 0 bridgehead atoms. The van der Waals surface area contributed by atoms with E-state index in [0.29, 0.717) is 19.6 Å². The van der Waals surface area contributed by atoms with Gasteiger partial charge < -0.3 is 15.4 Å². The Morgan fingerprint density at radius 2 is 1.84 bits per heavy atom. The van der Waals surface area contributed by atoms with Gasteiger partial charge in [0.15, 0.2) is 0 Å². The lowest BCUT2D eigenvalue weighted by atomic mass is 10.1. The van der Waals surface area contributed by atoms with Gasteiger partial charge in [0.25, 0.3) is 0 Å². The third-order valence-corrected chi connectivity index (χ3v) is 3.85. The monoisotopic (exact) mass is 362 g/mol. The number of aryl methyl sites for hydroxylation is 1. The molecule has 0 radical (unpaired) electrons. The van der Waals surface area contributed by atoms with Crippen molar-refractivity contribution >= 4 is 18.3 Å². The van der Waals surface area contributed by atoms with Crippen molar-refractivity contribution in [3.05, 3.63) is 65.2 Å². The Bertz CT molecular complexity index is 676. The van der Waals surface area contributed by atoms with Crippen LogP contribution in [-0.2, 0) is 17.8 Å². The van der Waals surface area contributed by atoms with Crippen LogP contribution >= 0.6 is 12.4 Å². The number of halogens is 1. The van der Waals surface area contributed by atoms with Gasteiger partial charge in [-0.3, -0.25) is 4.79 Å². The van der Waals surface area contributed by atoms with Crippen LogP contribution in [0.15, 0.2) is 48.5 Å². The number of hydrogen-bond acceptors (Lipinski definition) is 3. The van der Waals surface area contributed by atoms with E-state index in [9.17, 15) is 4.79 Å². The molecule has 1 amide bonds. The predicted octanol–water partition coefficient (Wildman–Crippen LogP) is 3.26. The van der Waals surface area contributed by atoms with Crippen molar-refractivity contribution in [2.45, 2.75) is 32.9 Å². The highest BCUT2D eigenvalue weighted by molar-refractivity contribution is 5.85.